The zero-order valence-electron chi connectivity index (χ0n) is 16.6. The van der Waals surface area contributed by atoms with Crippen molar-refractivity contribution in [1.82, 2.24) is 5.32 Å². The van der Waals surface area contributed by atoms with Crippen molar-refractivity contribution in [2.45, 2.75) is 25.9 Å². The van der Waals surface area contributed by atoms with Crippen LogP contribution in [-0.2, 0) is 0 Å². The van der Waals surface area contributed by atoms with Gasteiger partial charge in [0.25, 0.3) is 0 Å². The van der Waals surface area contributed by atoms with Gasteiger partial charge in [-0.15, -0.1) is 0 Å². The summed E-state index contributed by atoms with van der Waals surface area (Å²) >= 11 is 0. The van der Waals surface area contributed by atoms with E-state index < -0.39 is 0 Å². The molecule has 29 heavy (non-hydrogen) atoms. The second-order valence-corrected chi connectivity index (χ2v) is 7.53. The van der Waals surface area contributed by atoms with Gasteiger partial charge in [-0.1, -0.05) is 84.4 Å². The minimum Gasteiger partial charge on any atom is -0.504 e. The second-order valence-electron chi connectivity index (χ2n) is 7.53. The molecule has 0 aliphatic carbocycles. The summed E-state index contributed by atoms with van der Waals surface area (Å²) in [5.74, 6) is -0.187. The van der Waals surface area contributed by atoms with E-state index >= 15 is 0 Å². The predicted octanol–water partition coefficient (Wildman–Crippen LogP) is 6.00. The fourth-order valence-electron chi connectivity index (χ4n) is 3.93. The third kappa shape index (κ3) is 3.82. The molecule has 3 heteroatoms. The molecule has 0 spiro atoms. The first-order chi connectivity index (χ1) is 14.0. The Kier molecular flexibility index (Phi) is 5.24. The Bertz CT molecular complexity index is 1140. The van der Waals surface area contributed by atoms with Crippen LogP contribution in [0.3, 0.4) is 0 Å². The van der Waals surface area contributed by atoms with Crippen molar-refractivity contribution in [3.8, 4) is 11.5 Å². The third-order valence-electron chi connectivity index (χ3n) is 5.42. The first kappa shape index (κ1) is 19.0. The van der Waals surface area contributed by atoms with Gasteiger partial charge in [-0.3, -0.25) is 5.32 Å². The molecule has 0 fully saturated rings. The highest BCUT2D eigenvalue weighted by Gasteiger charge is 2.24. The van der Waals surface area contributed by atoms with E-state index in [0.717, 1.165) is 27.5 Å². The van der Waals surface area contributed by atoms with Crippen molar-refractivity contribution in [3.05, 3.63) is 107 Å². The number of hydrogen-bond donors (Lipinski definition) is 3. The summed E-state index contributed by atoms with van der Waals surface area (Å²) in [5.41, 5.74) is 4.03. The summed E-state index contributed by atoms with van der Waals surface area (Å²) in [5, 5.41) is 26.8. The van der Waals surface area contributed by atoms with Crippen LogP contribution in [-0.4, -0.2) is 10.2 Å². The van der Waals surface area contributed by atoms with Crippen molar-refractivity contribution in [1.29, 1.82) is 0 Å². The number of aromatic hydroxyl groups is 2. The van der Waals surface area contributed by atoms with Crippen LogP contribution in [0.15, 0.2) is 84.9 Å². The maximum atomic E-state index is 10.9. The zero-order chi connectivity index (χ0) is 20.4. The monoisotopic (exact) mass is 383 g/mol. The van der Waals surface area contributed by atoms with Crippen molar-refractivity contribution >= 4 is 10.8 Å². The summed E-state index contributed by atoms with van der Waals surface area (Å²) in [6.07, 6.45) is 0. The highest BCUT2D eigenvalue weighted by Crippen LogP contribution is 2.42. The van der Waals surface area contributed by atoms with Crippen LogP contribution in [0.5, 0.6) is 11.5 Å². The molecule has 0 aliphatic rings. The lowest BCUT2D eigenvalue weighted by Crippen LogP contribution is -2.26. The SMILES string of the molecule is Cc1cccc(C(N[C@@H](C)c2ccccc2)c2c(O)c(O)cc3ccccc23)c1. The molecule has 0 radical (unpaired) electrons. The van der Waals surface area contributed by atoms with Gasteiger partial charge in [-0.25, -0.2) is 0 Å². The smallest absolute Gasteiger partial charge is 0.163 e. The minimum atomic E-state index is -0.290. The molecule has 3 N–H and O–H groups in total. The number of nitrogens with one attached hydrogen (secondary N) is 1. The molecule has 0 saturated heterocycles. The van der Waals surface area contributed by atoms with Gasteiger partial charge in [-0.05, 0) is 41.8 Å². The van der Waals surface area contributed by atoms with Gasteiger partial charge in [0.2, 0.25) is 0 Å². The van der Waals surface area contributed by atoms with E-state index in [1.54, 1.807) is 6.07 Å². The van der Waals surface area contributed by atoms with E-state index in [4.69, 9.17) is 0 Å². The molecule has 0 amide bonds. The average molecular weight is 383 g/mol. The Morgan fingerprint density at radius 2 is 1.45 bits per heavy atom. The van der Waals surface area contributed by atoms with Crippen LogP contribution >= 0.6 is 0 Å². The minimum absolute atomic E-state index is 0.0437. The van der Waals surface area contributed by atoms with Crippen LogP contribution in [0.25, 0.3) is 10.8 Å². The van der Waals surface area contributed by atoms with Gasteiger partial charge in [0.15, 0.2) is 11.5 Å². The molecule has 3 nitrogen and oxygen atoms in total. The molecular formula is C26H25NO2. The van der Waals surface area contributed by atoms with E-state index in [0.29, 0.717) is 5.56 Å². The van der Waals surface area contributed by atoms with Crippen molar-refractivity contribution in [3.63, 3.8) is 0 Å². The number of phenolic OH excluding ortho intramolecular Hbond substituents is 2. The molecule has 1 unspecified atom stereocenters. The fourth-order valence-corrected chi connectivity index (χ4v) is 3.93. The Morgan fingerprint density at radius 3 is 2.21 bits per heavy atom. The van der Waals surface area contributed by atoms with Gasteiger partial charge in [0, 0.05) is 11.6 Å². The number of phenols is 2. The average Bonchev–Trinajstić information content (AvgIpc) is 2.74. The van der Waals surface area contributed by atoms with Crippen LogP contribution in [0.2, 0.25) is 0 Å². The number of aryl methyl sites for hydroxylation is 1. The zero-order valence-corrected chi connectivity index (χ0v) is 16.6. The molecule has 0 heterocycles. The van der Waals surface area contributed by atoms with Crippen molar-refractivity contribution in [2.24, 2.45) is 0 Å². The number of fused-ring (bicyclic) bond motifs is 1. The maximum Gasteiger partial charge on any atom is 0.163 e. The van der Waals surface area contributed by atoms with Crippen LogP contribution in [0.4, 0.5) is 0 Å². The summed E-state index contributed by atoms with van der Waals surface area (Å²) in [7, 11) is 0. The topological polar surface area (TPSA) is 52.5 Å². The molecule has 0 aromatic heterocycles. The Balaban J connectivity index is 1.90. The molecular weight excluding hydrogens is 358 g/mol. The van der Waals surface area contributed by atoms with E-state index in [2.05, 4.69) is 49.5 Å². The quantitative estimate of drug-likeness (QED) is 0.371. The van der Waals surface area contributed by atoms with Gasteiger partial charge < -0.3 is 10.2 Å². The molecule has 0 aliphatic heterocycles. The lowest BCUT2D eigenvalue weighted by molar-refractivity contribution is 0.393. The standard InChI is InChI=1S/C26H25NO2/c1-17-9-8-13-21(15-17)25(27-18(2)19-10-4-3-5-11-19)24-22-14-7-6-12-20(22)16-23(28)26(24)29/h3-16,18,25,27-29H,1-2H3/t18-,25?/m0/s1. The van der Waals surface area contributed by atoms with E-state index in [1.807, 2.05) is 48.5 Å². The molecule has 146 valence electrons. The maximum absolute atomic E-state index is 10.9. The lowest BCUT2D eigenvalue weighted by atomic mass is 9.90. The highest BCUT2D eigenvalue weighted by molar-refractivity contribution is 5.90. The number of hydrogen-bond acceptors (Lipinski definition) is 3. The second kappa shape index (κ2) is 7.98. The van der Waals surface area contributed by atoms with E-state index in [-0.39, 0.29) is 23.6 Å². The summed E-state index contributed by atoms with van der Waals surface area (Å²) in [6, 6.07) is 27.7. The summed E-state index contributed by atoms with van der Waals surface area (Å²) in [4.78, 5) is 0. The van der Waals surface area contributed by atoms with Crippen LogP contribution in [0, 0.1) is 6.92 Å². The molecule has 4 aromatic rings. The van der Waals surface area contributed by atoms with E-state index in [1.165, 1.54) is 0 Å². The Hall–Kier alpha value is -3.30. The Labute approximate surface area is 171 Å². The molecule has 0 saturated carbocycles. The normalized spacial score (nSPS) is 13.3. The predicted molar refractivity (Wildman–Crippen MR) is 118 cm³/mol. The fraction of sp³-hybridized carbons (Fsp3) is 0.154. The van der Waals surface area contributed by atoms with Gasteiger partial charge >= 0.3 is 0 Å². The molecule has 4 aromatic carbocycles. The van der Waals surface area contributed by atoms with Gasteiger partial charge in [-0.2, -0.15) is 0 Å². The highest BCUT2D eigenvalue weighted by atomic mass is 16.3. The van der Waals surface area contributed by atoms with Crippen LogP contribution < -0.4 is 5.32 Å². The largest absolute Gasteiger partial charge is 0.504 e. The third-order valence-corrected chi connectivity index (χ3v) is 5.42. The molecule has 0 bridgehead atoms. The van der Waals surface area contributed by atoms with Crippen molar-refractivity contribution in [2.75, 3.05) is 0 Å². The Morgan fingerprint density at radius 1 is 0.759 bits per heavy atom. The van der Waals surface area contributed by atoms with Gasteiger partial charge in [0.1, 0.15) is 0 Å². The first-order valence-corrected chi connectivity index (χ1v) is 9.85. The first-order valence-electron chi connectivity index (χ1n) is 9.85. The summed E-state index contributed by atoms with van der Waals surface area (Å²) in [6.45, 7) is 4.17. The molecule has 4 rings (SSSR count). The molecule has 2 atom stereocenters. The van der Waals surface area contributed by atoms with Gasteiger partial charge in [0.05, 0.1) is 6.04 Å². The van der Waals surface area contributed by atoms with Crippen LogP contribution in [0.1, 0.15) is 41.3 Å². The number of benzene rings is 4. The van der Waals surface area contributed by atoms with Crippen molar-refractivity contribution < 1.29 is 10.2 Å². The number of rotatable bonds is 5. The lowest BCUT2D eigenvalue weighted by Gasteiger charge is -2.27. The van der Waals surface area contributed by atoms with E-state index in [9.17, 15) is 10.2 Å². The summed E-state index contributed by atoms with van der Waals surface area (Å²) < 4.78 is 0.